The predicted octanol–water partition coefficient (Wildman–Crippen LogP) is 4.96. The number of nitrogens with zero attached hydrogens (tertiary/aromatic N) is 3. The van der Waals surface area contributed by atoms with Gasteiger partial charge in [-0.25, -0.2) is 0 Å². The third kappa shape index (κ3) is 1.98. The standard InChI is InChI=1S/C34H19B2N3/c1-3-13-28-26(11-1)35-30-24(22-9-5-7-20-15-17-37(35)32(20)22)19-25-23-10-6-8-21-16-18-38(33(21)23)36-27-12-2-4-14-29(27)39(28)34(30)31(25)36/h1-19H. The molecule has 0 spiro atoms. The summed E-state index contributed by atoms with van der Waals surface area (Å²) in [4.78, 5) is 2.58. The molecule has 176 valence electrons. The predicted molar refractivity (Wildman–Crippen MR) is 164 cm³/mol. The van der Waals surface area contributed by atoms with Crippen molar-refractivity contribution in [3.05, 3.63) is 116 Å². The van der Waals surface area contributed by atoms with Crippen LogP contribution < -0.4 is 26.8 Å². The van der Waals surface area contributed by atoms with Crippen molar-refractivity contribution >= 4 is 74.4 Å². The fourth-order valence-electron chi connectivity index (χ4n) is 8.35. The highest BCUT2D eigenvalue weighted by molar-refractivity contribution is 6.94. The van der Waals surface area contributed by atoms with Gasteiger partial charge in [0.1, 0.15) is 0 Å². The fraction of sp³-hybridized carbons (Fsp3) is 0. The van der Waals surface area contributed by atoms with Crippen molar-refractivity contribution in [1.29, 1.82) is 0 Å². The van der Waals surface area contributed by atoms with Crippen molar-refractivity contribution < 1.29 is 0 Å². The van der Waals surface area contributed by atoms with E-state index in [2.05, 4.69) is 129 Å². The average molecular weight is 491 g/mol. The quantitative estimate of drug-likeness (QED) is 0.274. The van der Waals surface area contributed by atoms with Gasteiger partial charge >= 0.3 is 13.7 Å². The van der Waals surface area contributed by atoms with Gasteiger partial charge in [0.25, 0.3) is 0 Å². The summed E-state index contributed by atoms with van der Waals surface area (Å²) in [6.45, 7) is 0.292. The van der Waals surface area contributed by atoms with Gasteiger partial charge < -0.3 is 13.9 Å². The second-order valence-corrected chi connectivity index (χ2v) is 11.3. The molecule has 39 heavy (non-hydrogen) atoms. The van der Waals surface area contributed by atoms with Crippen LogP contribution in [0.5, 0.6) is 0 Å². The molecule has 0 N–H and O–H groups in total. The molecular weight excluding hydrogens is 472 g/mol. The Hall–Kier alpha value is -4.89. The van der Waals surface area contributed by atoms with Crippen molar-refractivity contribution in [2.45, 2.75) is 0 Å². The van der Waals surface area contributed by atoms with Gasteiger partial charge in [0, 0.05) is 39.2 Å². The Morgan fingerprint density at radius 2 is 0.974 bits per heavy atom. The lowest BCUT2D eigenvalue weighted by molar-refractivity contribution is 1.21. The zero-order valence-electron chi connectivity index (χ0n) is 21.0. The molecule has 4 aliphatic heterocycles. The van der Waals surface area contributed by atoms with Crippen LogP contribution >= 0.6 is 0 Å². The smallest absolute Gasteiger partial charge is 0.332 e. The van der Waals surface area contributed by atoms with E-state index < -0.39 is 0 Å². The Kier molecular flexibility index (Phi) is 3.06. The van der Waals surface area contributed by atoms with Crippen LogP contribution in [0.25, 0.3) is 44.1 Å². The second-order valence-electron chi connectivity index (χ2n) is 11.3. The second kappa shape index (κ2) is 6.22. The molecule has 2 aromatic heterocycles. The van der Waals surface area contributed by atoms with E-state index in [9.17, 15) is 0 Å². The molecule has 0 unspecified atom stereocenters. The van der Waals surface area contributed by atoms with E-state index in [1.54, 1.807) is 0 Å². The van der Waals surface area contributed by atoms with Gasteiger partial charge in [0.15, 0.2) is 0 Å². The van der Waals surface area contributed by atoms with E-state index in [1.807, 2.05) is 0 Å². The van der Waals surface area contributed by atoms with Gasteiger partial charge in [0.2, 0.25) is 0 Å². The largest absolute Gasteiger partial charge is 0.382 e. The Labute approximate surface area is 225 Å². The van der Waals surface area contributed by atoms with Crippen LogP contribution in [0, 0.1) is 0 Å². The summed E-state index contributed by atoms with van der Waals surface area (Å²) in [6, 6.07) is 38.8. The van der Waals surface area contributed by atoms with Crippen LogP contribution in [0.1, 0.15) is 0 Å². The zero-order valence-corrected chi connectivity index (χ0v) is 21.0. The molecule has 3 nitrogen and oxygen atoms in total. The molecule has 0 radical (unpaired) electrons. The molecular formula is C34H19B2N3. The lowest BCUT2D eigenvalue weighted by Gasteiger charge is -2.47. The first kappa shape index (κ1) is 19.2. The fourth-order valence-corrected chi connectivity index (χ4v) is 8.35. The molecule has 6 heterocycles. The maximum absolute atomic E-state index is 2.58. The van der Waals surface area contributed by atoms with Gasteiger partial charge in [-0.2, -0.15) is 0 Å². The van der Waals surface area contributed by atoms with Crippen molar-refractivity contribution in [3.63, 3.8) is 0 Å². The Morgan fingerprint density at radius 1 is 0.462 bits per heavy atom. The third-order valence-electron chi connectivity index (χ3n) is 9.71. The molecule has 11 rings (SSSR count). The highest BCUT2D eigenvalue weighted by Crippen LogP contribution is 2.47. The number of rotatable bonds is 0. The van der Waals surface area contributed by atoms with E-state index in [1.165, 1.54) is 83.0 Å². The van der Waals surface area contributed by atoms with Crippen LogP contribution in [0.15, 0.2) is 116 Å². The normalized spacial score (nSPS) is 14.5. The van der Waals surface area contributed by atoms with Crippen molar-refractivity contribution in [2.75, 3.05) is 4.90 Å². The van der Waals surface area contributed by atoms with E-state index in [0.717, 1.165) is 0 Å². The number of hydrogen-bond donors (Lipinski definition) is 0. The minimum atomic E-state index is 0.146. The molecule has 0 saturated carbocycles. The summed E-state index contributed by atoms with van der Waals surface area (Å²) in [5.41, 5.74) is 17.7. The van der Waals surface area contributed by atoms with E-state index >= 15 is 0 Å². The Bertz CT molecular complexity index is 2120. The van der Waals surface area contributed by atoms with Gasteiger partial charge in [-0.15, -0.1) is 0 Å². The van der Waals surface area contributed by atoms with Crippen molar-refractivity contribution in [1.82, 2.24) is 8.96 Å². The lowest BCUT2D eigenvalue weighted by atomic mass is 9.39. The molecule has 0 atom stereocenters. The molecule has 0 aliphatic carbocycles. The van der Waals surface area contributed by atoms with Crippen molar-refractivity contribution in [3.8, 4) is 22.3 Å². The number of aromatic nitrogens is 2. The average Bonchev–Trinajstić information content (AvgIpc) is 3.62. The van der Waals surface area contributed by atoms with Gasteiger partial charge in [-0.3, -0.25) is 0 Å². The first-order valence-corrected chi connectivity index (χ1v) is 13.8. The van der Waals surface area contributed by atoms with E-state index in [-0.39, 0.29) is 13.7 Å². The highest BCUT2D eigenvalue weighted by Gasteiger charge is 2.49. The van der Waals surface area contributed by atoms with E-state index in [0.29, 0.717) is 0 Å². The first-order valence-electron chi connectivity index (χ1n) is 13.8. The summed E-state index contributed by atoms with van der Waals surface area (Å²) < 4.78 is 5.07. The Balaban J connectivity index is 1.42. The topological polar surface area (TPSA) is 13.1 Å². The van der Waals surface area contributed by atoms with Crippen LogP contribution in [0.2, 0.25) is 0 Å². The van der Waals surface area contributed by atoms with Crippen LogP contribution in [0.3, 0.4) is 0 Å². The minimum absolute atomic E-state index is 0.146. The molecule has 0 saturated heterocycles. The number of anilines is 3. The molecule has 7 aromatic rings. The molecule has 0 amide bonds. The lowest BCUT2D eigenvalue weighted by Crippen LogP contribution is -2.64. The number of para-hydroxylation sites is 4. The summed E-state index contributed by atoms with van der Waals surface area (Å²) >= 11 is 0. The summed E-state index contributed by atoms with van der Waals surface area (Å²) in [5.74, 6) is 0. The van der Waals surface area contributed by atoms with Crippen LogP contribution in [0.4, 0.5) is 17.1 Å². The third-order valence-corrected chi connectivity index (χ3v) is 9.71. The van der Waals surface area contributed by atoms with Gasteiger partial charge in [-0.1, -0.05) is 72.8 Å². The molecule has 0 bridgehead atoms. The maximum atomic E-state index is 2.58. The number of benzene rings is 5. The molecule has 5 aromatic carbocycles. The van der Waals surface area contributed by atoms with Gasteiger partial charge in [-0.05, 0) is 86.5 Å². The molecule has 0 fully saturated rings. The minimum Gasteiger partial charge on any atom is -0.382 e. The van der Waals surface area contributed by atoms with E-state index in [4.69, 9.17) is 0 Å². The number of hydrogen-bond acceptors (Lipinski definition) is 1. The zero-order chi connectivity index (χ0) is 25.0. The molecule has 4 aliphatic rings. The molecule has 5 heteroatoms. The summed E-state index contributed by atoms with van der Waals surface area (Å²) in [5, 5.41) is 2.62. The Morgan fingerprint density at radius 3 is 1.51 bits per heavy atom. The van der Waals surface area contributed by atoms with Gasteiger partial charge in [0.05, 0.1) is 0 Å². The first-order chi connectivity index (χ1) is 19.4. The summed E-state index contributed by atoms with van der Waals surface area (Å²) in [7, 11) is 0. The monoisotopic (exact) mass is 491 g/mol. The van der Waals surface area contributed by atoms with Crippen LogP contribution in [-0.2, 0) is 0 Å². The van der Waals surface area contributed by atoms with Crippen LogP contribution in [-0.4, -0.2) is 22.7 Å². The summed E-state index contributed by atoms with van der Waals surface area (Å²) in [6.07, 6.45) is 4.61. The SMILES string of the molecule is c1ccc2c(c1)B1c3c(cc4c5c3N2c2ccccc2B5n2ccc3cccc-4c32)-c2cccc3ccn1c23. The van der Waals surface area contributed by atoms with Crippen molar-refractivity contribution in [2.24, 2.45) is 0 Å². The number of fused-ring (bicyclic) bond motifs is 10. The maximum Gasteiger partial charge on any atom is 0.332 e. The highest BCUT2D eigenvalue weighted by atomic mass is 15.2.